The second kappa shape index (κ2) is 2.02. The third-order valence-electron chi connectivity index (χ3n) is 0.148. The topological polar surface area (TPSA) is 3.24 Å². The summed E-state index contributed by atoms with van der Waals surface area (Å²) in [5, 5.41) is -2.17. The van der Waals surface area contributed by atoms with Gasteiger partial charge in [-0.05, 0) is 0 Å². The van der Waals surface area contributed by atoms with Gasteiger partial charge >= 0.3 is 7.40 Å². The van der Waals surface area contributed by atoms with Crippen molar-refractivity contribution in [2.24, 2.45) is 0 Å². The minimum absolute atomic E-state index is 2.17. The van der Waals surface area contributed by atoms with E-state index >= 15 is 0 Å². The van der Waals surface area contributed by atoms with Crippen molar-refractivity contribution in [2.75, 3.05) is 0 Å². The van der Waals surface area contributed by atoms with Gasteiger partial charge in [0.15, 0.2) is 0 Å². The number of halogens is 4. The fourth-order valence-corrected chi connectivity index (χ4v) is 0. The van der Waals surface area contributed by atoms with Crippen LogP contribution in [0.3, 0.4) is 0 Å². The zero-order valence-corrected chi connectivity index (χ0v) is 2.54. The summed E-state index contributed by atoms with van der Waals surface area (Å²) in [6.07, 6.45) is 0. The van der Waals surface area contributed by atoms with Gasteiger partial charge in [-0.2, -0.15) is 0 Å². The van der Waals surface area contributed by atoms with Crippen molar-refractivity contribution in [3.8, 4) is 0 Å². The van der Waals surface area contributed by atoms with Gasteiger partial charge in [-0.25, -0.2) is 0 Å². The van der Waals surface area contributed by atoms with E-state index in [1.165, 1.54) is 0 Å². The van der Waals surface area contributed by atoms with Crippen LogP contribution in [0, 0.1) is 0 Å². The monoisotopic (exact) mass is 101 g/mol. The molecule has 0 aliphatic carbocycles. The first-order valence-electron chi connectivity index (χ1n) is 1.03. The van der Waals surface area contributed by atoms with Crippen LogP contribution in [0.15, 0.2) is 0 Å². The van der Waals surface area contributed by atoms with Crippen LogP contribution in [0.5, 0.6) is 0 Å². The summed E-state index contributed by atoms with van der Waals surface area (Å²) in [7, 11) is -3.65. The van der Waals surface area contributed by atoms with E-state index in [1.807, 2.05) is 0 Å². The summed E-state index contributed by atoms with van der Waals surface area (Å²) in [6.45, 7) is 0. The highest BCUT2D eigenvalue weighted by molar-refractivity contribution is 6.37. The predicted molar refractivity (Wildman–Crippen MR) is 12.0 cm³/mol. The largest absolute Gasteiger partial charge is 0.698 e. The quantitative estimate of drug-likeness (QED) is 0.270. The molecule has 0 bridgehead atoms. The van der Waals surface area contributed by atoms with E-state index in [4.69, 9.17) is 0 Å². The Hall–Kier alpha value is -0.255. The summed E-state index contributed by atoms with van der Waals surface area (Å²) >= 11 is 0. The third-order valence-corrected chi connectivity index (χ3v) is 0.148. The molecule has 0 N–H and O–H groups in total. The van der Waals surface area contributed by atoms with Crippen molar-refractivity contribution in [1.29, 1.82) is 0 Å². The first-order valence-corrected chi connectivity index (χ1v) is 1.03. The Balaban J connectivity index is 2.99. The molecule has 0 aromatic heterocycles. The predicted octanol–water partition coefficient (Wildman–Crippen LogP) is 0.981. The van der Waals surface area contributed by atoms with E-state index in [9.17, 15) is 17.6 Å². The van der Waals surface area contributed by atoms with E-state index in [0.717, 1.165) is 0 Å². The van der Waals surface area contributed by atoms with Gasteiger partial charge in [0.1, 0.15) is 0 Å². The van der Waals surface area contributed by atoms with E-state index < -0.39 is 12.7 Å². The smallest absolute Gasteiger partial charge is 0.266 e. The molecule has 36 valence electrons. The Morgan fingerprint density at radius 1 is 1.17 bits per heavy atom. The standard InChI is InChI=1S/BF4N/c2-1(3)6(4)5. The van der Waals surface area contributed by atoms with Gasteiger partial charge in [0.05, 0.1) is 5.26 Å². The maximum Gasteiger partial charge on any atom is 0.698 e. The summed E-state index contributed by atoms with van der Waals surface area (Å²) in [6, 6.07) is 0. The lowest BCUT2D eigenvalue weighted by molar-refractivity contribution is -0.0814. The fourth-order valence-electron chi connectivity index (χ4n) is 0. The Kier molecular flexibility index (Phi) is 1.93. The molecule has 0 saturated heterocycles. The van der Waals surface area contributed by atoms with Crippen molar-refractivity contribution in [2.45, 2.75) is 0 Å². The van der Waals surface area contributed by atoms with Crippen molar-refractivity contribution < 1.29 is 17.6 Å². The first-order chi connectivity index (χ1) is 2.64. The van der Waals surface area contributed by atoms with Crippen molar-refractivity contribution >= 4 is 7.40 Å². The molecule has 0 atom stereocenters. The van der Waals surface area contributed by atoms with Crippen molar-refractivity contribution in [3.63, 3.8) is 0 Å². The maximum atomic E-state index is 10.3. The molecule has 0 saturated carbocycles. The Morgan fingerprint density at radius 3 is 1.33 bits per heavy atom. The second-order valence-corrected chi connectivity index (χ2v) is 0.537. The molecular formula is BF4N. The molecule has 0 aliphatic heterocycles. The lowest BCUT2D eigenvalue weighted by atomic mass is 10.3. The van der Waals surface area contributed by atoms with Crippen LogP contribution in [0.4, 0.5) is 17.6 Å². The van der Waals surface area contributed by atoms with Gasteiger partial charge in [0.2, 0.25) is 0 Å². The normalized spacial score (nSPS) is 9.50. The zero-order valence-electron chi connectivity index (χ0n) is 2.54. The highest BCUT2D eigenvalue weighted by Crippen LogP contribution is 1.96. The first kappa shape index (κ1) is 5.74. The fraction of sp³-hybridized carbons (Fsp3) is 0. The van der Waals surface area contributed by atoms with E-state index in [2.05, 4.69) is 0 Å². The van der Waals surface area contributed by atoms with Crippen LogP contribution in [0.2, 0.25) is 0 Å². The Bertz CT molecular complexity index is 28.5. The molecule has 1 nitrogen and oxygen atoms in total. The van der Waals surface area contributed by atoms with E-state index in [-0.39, 0.29) is 0 Å². The molecule has 0 aromatic carbocycles. The third kappa shape index (κ3) is 2.01. The summed E-state index contributed by atoms with van der Waals surface area (Å²) in [5.74, 6) is 0. The average Bonchev–Trinajstić information content (AvgIpc) is 1.36. The van der Waals surface area contributed by atoms with Gasteiger partial charge in [-0.1, -0.05) is 0 Å². The highest BCUT2D eigenvalue weighted by atomic mass is 19.4. The minimum atomic E-state index is -3.65. The zero-order chi connectivity index (χ0) is 5.15. The van der Waals surface area contributed by atoms with Gasteiger partial charge in [-0.15, -0.1) is 8.96 Å². The molecule has 0 rings (SSSR count). The van der Waals surface area contributed by atoms with Gasteiger partial charge in [0, 0.05) is 0 Å². The lowest BCUT2D eigenvalue weighted by Gasteiger charge is -1.86. The van der Waals surface area contributed by atoms with Gasteiger partial charge in [0.25, 0.3) is 0 Å². The van der Waals surface area contributed by atoms with E-state index in [0.29, 0.717) is 0 Å². The number of hydrogen-bond acceptors (Lipinski definition) is 1. The number of hydrogen-bond donors (Lipinski definition) is 0. The molecule has 0 aliphatic rings. The SMILES string of the molecule is FB(F)N(F)F. The Labute approximate surface area is 31.6 Å². The molecule has 0 heterocycles. The van der Waals surface area contributed by atoms with Crippen molar-refractivity contribution in [1.82, 2.24) is 5.26 Å². The molecule has 0 unspecified atom stereocenters. The summed E-state index contributed by atoms with van der Waals surface area (Å²) in [4.78, 5) is 0. The van der Waals surface area contributed by atoms with Crippen LogP contribution in [0.25, 0.3) is 0 Å². The number of nitrogens with zero attached hydrogens (tertiary/aromatic N) is 1. The molecule has 0 fully saturated rings. The van der Waals surface area contributed by atoms with Gasteiger partial charge in [-0.3, -0.25) is 8.63 Å². The average molecular weight is 101 g/mol. The minimum Gasteiger partial charge on any atom is -0.266 e. The van der Waals surface area contributed by atoms with Crippen molar-refractivity contribution in [3.05, 3.63) is 0 Å². The molecule has 0 amide bonds. The van der Waals surface area contributed by atoms with Crippen LogP contribution in [-0.2, 0) is 0 Å². The second-order valence-electron chi connectivity index (χ2n) is 0.537. The Morgan fingerprint density at radius 2 is 1.33 bits per heavy atom. The maximum absolute atomic E-state index is 10.3. The summed E-state index contributed by atoms with van der Waals surface area (Å²) in [5.41, 5.74) is 0. The lowest BCUT2D eigenvalue weighted by Crippen LogP contribution is -2.13. The molecule has 0 radical (unpaired) electrons. The summed E-state index contributed by atoms with van der Waals surface area (Å²) < 4.78 is 41.1. The van der Waals surface area contributed by atoms with Crippen LogP contribution in [-0.4, -0.2) is 12.7 Å². The molecule has 6 heavy (non-hydrogen) atoms. The highest BCUT2D eigenvalue weighted by Gasteiger charge is 2.24. The molecule has 0 spiro atoms. The van der Waals surface area contributed by atoms with Crippen LogP contribution < -0.4 is 0 Å². The molecular weight excluding hydrogens is 101 g/mol. The molecule has 6 heteroatoms. The van der Waals surface area contributed by atoms with Gasteiger partial charge < -0.3 is 0 Å². The van der Waals surface area contributed by atoms with Crippen LogP contribution >= 0.6 is 0 Å². The molecule has 0 aromatic rings. The number of rotatable bonds is 1. The van der Waals surface area contributed by atoms with Crippen LogP contribution in [0.1, 0.15) is 0 Å². The van der Waals surface area contributed by atoms with E-state index in [1.54, 1.807) is 0 Å².